The maximum absolute atomic E-state index is 12.5. The number of carbonyl (C=O) groups is 1. The number of methoxy groups -OCH3 is 2. The van der Waals surface area contributed by atoms with Crippen molar-refractivity contribution in [2.75, 3.05) is 14.2 Å². The fourth-order valence-electron chi connectivity index (χ4n) is 1.73. The molecular formula is C14H12BrClO3S. The molecule has 0 saturated carbocycles. The van der Waals surface area contributed by atoms with Gasteiger partial charge >= 0.3 is 0 Å². The van der Waals surface area contributed by atoms with Crippen molar-refractivity contribution in [3.05, 3.63) is 43.0 Å². The summed E-state index contributed by atoms with van der Waals surface area (Å²) >= 11 is 11.0. The van der Waals surface area contributed by atoms with Crippen molar-refractivity contribution in [3.8, 4) is 11.5 Å². The number of ether oxygens (including phenoxy) is 2. The fraction of sp³-hybridized carbons (Fsp3) is 0.214. The third kappa shape index (κ3) is 2.85. The molecule has 0 radical (unpaired) electrons. The van der Waals surface area contributed by atoms with E-state index in [-0.39, 0.29) is 5.78 Å². The number of halogens is 2. The summed E-state index contributed by atoms with van der Waals surface area (Å²) in [7, 11) is 3.04. The van der Waals surface area contributed by atoms with Crippen molar-refractivity contribution in [2.45, 2.75) is 6.92 Å². The SMILES string of the molecule is COc1cc(Cl)c(C(=O)c2cc(C)c(Br)s2)cc1OC. The highest BCUT2D eigenvalue weighted by atomic mass is 79.9. The first kappa shape index (κ1) is 15.4. The summed E-state index contributed by atoms with van der Waals surface area (Å²) < 4.78 is 11.3. The molecule has 0 atom stereocenters. The fourth-order valence-corrected chi connectivity index (χ4v) is 3.46. The Labute approximate surface area is 134 Å². The lowest BCUT2D eigenvalue weighted by atomic mass is 10.1. The number of carbonyl (C=O) groups excluding carboxylic acids is 1. The van der Waals surface area contributed by atoms with Crippen molar-refractivity contribution in [2.24, 2.45) is 0 Å². The lowest BCUT2D eigenvalue weighted by Crippen LogP contribution is -2.02. The molecule has 1 aromatic heterocycles. The predicted molar refractivity (Wildman–Crippen MR) is 84.7 cm³/mol. The molecule has 0 aliphatic rings. The maximum Gasteiger partial charge on any atom is 0.204 e. The van der Waals surface area contributed by atoms with E-state index in [0.29, 0.717) is 27.0 Å². The highest BCUT2D eigenvalue weighted by Gasteiger charge is 2.19. The van der Waals surface area contributed by atoms with Gasteiger partial charge in [-0.2, -0.15) is 0 Å². The quantitative estimate of drug-likeness (QED) is 0.725. The van der Waals surface area contributed by atoms with E-state index in [9.17, 15) is 4.79 Å². The van der Waals surface area contributed by atoms with Crippen LogP contribution in [0.3, 0.4) is 0 Å². The lowest BCUT2D eigenvalue weighted by Gasteiger charge is -2.10. The van der Waals surface area contributed by atoms with Crippen molar-refractivity contribution in [3.63, 3.8) is 0 Å². The van der Waals surface area contributed by atoms with Gasteiger partial charge in [0, 0.05) is 11.6 Å². The molecule has 1 heterocycles. The van der Waals surface area contributed by atoms with Crippen LogP contribution in [0.25, 0.3) is 0 Å². The van der Waals surface area contributed by atoms with Gasteiger partial charge in [0.2, 0.25) is 5.78 Å². The van der Waals surface area contributed by atoms with Crippen LogP contribution < -0.4 is 9.47 Å². The molecule has 0 spiro atoms. The molecule has 106 valence electrons. The van der Waals surface area contributed by atoms with Crippen molar-refractivity contribution >= 4 is 44.7 Å². The summed E-state index contributed by atoms with van der Waals surface area (Å²) in [6, 6.07) is 5.03. The van der Waals surface area contributed by atoms with Crippen LogP contribution in [-0.2, 0) is 0 Å². The van der Waals surface area contributed by atoms with Crippen LogP contribution in [-0.4, -0.2) is 20.0 Å². The second-order valence-electron chi connectivity index (χ2n) is 4.08. The molecule has 3 nitrogen and oxygen atoms in total. The van der Waals surface area contributed by atoms with Gasteiger partial charge in [0.25, 0.3) is 0 Å². The van der Waals surface area contributed by atoms with E-state index in [0.717, 1.165) is 9.35 Å². The summed E-state index contributed by atoms with van der Waals surface area (Å²) in [6.45, 7) is 1.94. The minimum atomic E-state index is -0.130. The van der Waals surface area contributed by atoms with Gasteiger partial charge in [0.1, 0.15) is 0 Å². The van der Waals surface area contributed by atoms with Crippen LogP contribution in [0.5, 0.6) is 11.5 Å². The predicted octanol–water partition coefficient (Wildman–Crippen LogP) is 4.72. The smallest absolute Gasteiger partial charge is 0.204 e. The number of hydrogen-bond acceptors (Lipinski definition) is 4. The first-order valence-corrected chi connectivity index (χ1v) is 7.68. The van der Waals surface area contributed by atoms with Crippen LogP contribution in [0, 0.1) is 6.92 Å². The minimum absolute atomic E-state index is 0.130. The normalized spacial score (nSPS) is 10.4. The highest BCUT2D eigenvalue weighted by Crippen LogP contribution is 2.36. The second kappa shape index (κ2) is 6.16. The monoisotopic (exact) mass is 374 g/mol. The van der Waals surface area contributed by atoms with Crippen LogP contribution in [0.4, 0.5) is 0 Å². The van der Waals surface area contributed by atoms with Gasteiger partial charge < -0.3 is 9.47 Å². The zero-order valence-electron chi connectivity index (χ0n) is 11.1. The minimum Gasteiger partial charge on any atom is -0.493 e. The first-order chi connectivity index (χ1) is 9.47. The number of aryl methyl sites for hydroxylation is 1. The summed E-state index contributed by atoms with van der Waals surface area (Å²) in [6.07, 6.45) is 0. The van der Waals surface area contributed by atoms with E-state index in [1.165, 1.54) is 25.6 Å². The lowest BCUT2D eigenvalue weighted by molar-refractivity contribution is 0.104. The van der Waals surface area contributed by atoms with Gasteiger partial charge in [0.05, 0.1) is 27.9 Å². The van der Waals surface area contributed by atoms with E-state index in [2.05, 4.69) is 15.9 Å². The van der Waals surface area contributed by atoms with Crippen LogP contribution >= 0.6 is 38.9 Å². The zero-order chi connectivity index (χ0) is 14.9. The molecule has 2 aromatic rings. The summed E-state index contributed by atoms with van der Waals surface area (Å²) in [5, 5.41) is 0.342. The Hall–Kier alpha value is -1.04. The van der Waals surface area contributed by atoms with Gasteiger partial charge in [-0.3, -0.25) is 4.79 Å². The van der Waals surface area contributed by atoms with E-state index in [1.807, 2.05) is 13.0 Å². The summed E-state index contributed by atoms with van der Waals surface area (Å²) in [4.78, 5) is 13.1. The largest absolute Gasteiger partial charge is 0.493 e. The molecule has 20 heavy (non-hydrogen) atoms. The van der Waals surface area contributed by atoms with Crippen LogP contribution in [0.15, 0.2) is 22.0 Å². The number of rotatable bonds is 4. The Balaban J connectivity index is 2.49. The van der Waals surface area contributed by atoms with Crippen molar-refractivity contribution in [1.82, 2.24) is 0 Å². The van der Waals surface area contributed by atoms with Crippen LogP contribution in [0.2, 0.25) is 5.02 Å². The van der Waals surface area contributed by atoms with Crippen molar-refractivity contribution in [1.29, 1.82) is 0 Å². The number of hydrogen-bond donors (Lipinski definition) is 0. The molecule has 0 aliphatic heterocycles. The topological polar surface area (TPSA) is 35.5 Å². The second-order valence-corrected chi connectivity index (χ2v) is 6.86. The van der Waals surface area contributed by atoms with Gasteiger partial charge in [-0.25, -0.2) is 0 Å². The Morgan fingerprint density at radius 2 is 1.80 bits per heavy atom. The van der Waals surface area contributed by atoms with Gasteiger partial charge in [-0.15, -0.1) is 11.3 Å². The molecule has 0 N–H and O–H groups in total. The molecule has 0 aliphatic carbocycles. The standard InChI is InChI=1S/C14H12BrClO3S/c1-7-4-12(20-14(7)15)13(17)8-5-10(18-2)11(19-3)6-9(8)16/h4-6H,1-3H3. The zero-order valence-corrected chi connectivity index (χ0v) is 14.3. The van der Waals surface area contributed by atoms with E-state index in [1.54, 1.807) is 12.1 Å². The highest BCUT2D eigenvalue weighted by molar-refractivity contribution is 9.11. The van der Waals surface area contributed by atoms with Crippen LogP contribution in [0.1, 0.15) is 20.8 Å². The number of ketones is 1. The molecule has 1 aromatic carbocycles. The van der Waals surface area contributed by atoms with Crippen molar-refractivity contribution < 1.29 is 14.3 Å². The molecule has 0 amide bonds. The van der Waals surface area contributed by atoms with E-state index < -0.39 is 0 Å². The maximum atomic E-state index is 12.5. The van der Waals surface area contributed by atoms with E-state index >= 15 is 0 Å². The molecular weight excluding hydrogens is 364 g/mol. The number of thiophene rings is 1. The Morgan fingerprint density at radius 1 is 1.20 bits per heavy atom. The molecule has 2 rings (SSSR count). The van der Waals surface area contributed by atoms with Gasteiger partial charge in [0.15, 0.2) is 11.5 Å². The average molecular weight is 376 g/mol. The molecule has 0 saturated heterocycles. The summed E-state index contributed by atoms with van der Waals surface area (Å²) in [5.41, 5.74) is 1.42. The average Bonchev–Trinajstić information content (AvgIpc) is 2.77. The summed E-state index contributed by atoms with van der Waals surface area (Å²) in [5.74, 6) is 0.847. The first-order valence-electron chi connectivity index (χ1n) is 5.70. The third-order valence-electron chi connectivity index (χ3n) is 2.80. The molecule has 0 unspecified atom stereocenters. The Bertz CT molecular complexity index is 647. The Kier molecular flexibility index (Phi) is 4.73. The Morgan fingerprint density at radius 3 is 2.30 bits per heavy atom. The molecule has 0 fully saturated rings. The molecule has 0 bridgehead atoms. The molecule has 6 heteroatoms. The van der Waals surface area contributed by atoms with Gasteiger partial charge in [-0.1, -0.05) is 11.6 Å². The van der Waals surface area contributed by atoms with E-state index in [4.69, 9.17) is 21.1 Å². The van der Waals surface area contributed by atoms with Gasteiger partial charge in [-0.05, 0) is 40.5 Å². The number of benzene rings is 1. The third-order valence-corrected chi connectivity index (χ3v) is 5.25.